The van der Waals surface area contributed by atoms with Crippen molar-refractivity contribution in [1.29, 1.82) is 0 Å². The third-order valence-corrected chi connectivity index (χ3v) is 7.98. The molecule has 1 amide bonds. The molecule has 0 spiro atoms. The molecule has 0 fully saturated rings. The Balaban J connectivity index is 1.31. The molecule has 3 N–H and O–H groups in total. The molecule has 3 aromatic heterocycles. The summed E-state index contributed by atoms with van der Waals surface area (Å²) in [4.78, 5) is 25.9. The molecule has 7 nitrogen and oxygen atoms in total. The van der Waals surface area contributed by atoms with E-state index in [1.807, 2.05) is 72.8 Å². The van der Waals surface area contributed by atoms with Crippen LogP contribution in [0.4, 0.5) is 15.3 Å². The van der Waals surface area contributed by atoms with Gasteiger partial charge in [-0.3, -0.25) is 4.79 Å². The van der Waals surface area contributed by atoms with E-state index in [0.717, 1.165) is 20.9 Å². The number of aromatic nitrogens is 3. The van der Waals surface area contributed by atoms with Crippen molar-refractivity contribution in [2.75, 3.05) is 11.9 Å². The van der Waals surface area contributed by atoms with Crippen molar-refractivity contribution in [3.05, 3.63) is 126 Å². The number of thiazole rings is 1. The van der Waals surface area contributed by atoms with Gasteiger partial charge in [-0.15, -0.1) is 0 Å². The van der Waals surface area contributed by atoms with Crippen LogP contribution in [0.25, 0.3) is 0 Å². The number of halogens is 1. The number of aliphatic hydroxyl groups is 1. The van der Waals surface area contributed by atoms with Gasteiger partial charge in [0.15, 0.2) is 16.6 Å². The van der Waals surface area contributed by atoms with Crippen molar-refractivity contribution in [1.82, 2.24) is 20.3 Å². The zero-order valence-corrected chi connectivity index (χ0v) is 22.3. The van der Waals surface area contributed by atoms with Gasteiger partial charge in [-0.25, -0.2) is 19.3 Å². The number of benzene rings is 2. The van der Waals surface area contributed by atoms with Gasteiger partial charge in [0.2, 0.25) is 0 Å². The molecule has 39 heavy (non-hydrogen) atoms. The van der Waals surface area contributed by atoms with E-state index in [1.165, 1.54) is 35.4 Å². The number of nitrogens with zero attached hydrogens (tertiary/aromatic N) is 3. The lowest BCUT2D eigenvalue weighted by Gasteiger charge is -2.21. The molecule has 0 radical (unpaired) electrons. The van der Waals surface area contributed by atoms with Crippen molar-refractivity contribution < 1.29 is 14.3 Å². The third-order valence-electron chi connectivity index (χ3n) is 5.93. The first kappa shape index (κ1) is 26.5. The monoisotopic (exact) mass is 557 g/mol. The Morgan fingerprint density at radius 2 is 1.74 bits per heavy atom. The molecule has 196 valence electrons. The minimum absolute atomic E-state index is 0.125. The summed E-state index contributed by atoms with van der Waals surface area (Å²) in [6, 6.07) is 24.3. The smallest absolute Gasteiger partial charge is 0.273 e. The number of hydrogen-bond donors (Lipinski definition) is 3. The quantitative estimate of drug-likeness (QED) is 0.193. The summed E-state index contributed by atoms with van der Waals surface area (Å²) < 4.78 is 16.2. The van der Waals surface area contributed by atoms with Crippen LogP contribution in [0.2, 0.25) is 0 Å². The molecule has 0 aliphatic rings. The fourth-order valence-electron chi connectivity index (χ4n) is 4.07. The molecule has 0 saturated carbocycles. The number of carbonyl (C=O) groups excluding carboxylic acids is 1. The average Bonchev–Trinajstić information content (AvgIpc) is 3.42. The van der Waals surface area contributed by atoms with Gasteiger partial charge in [-0.2, -0.15) is 0 Å². The Hall–Kier alpha value is -4.12. The molecule has 2 aromatic carbocycles. The van der Waals surface area contributed by atoms with E-state index in [1.54, 1.807) is 12.4 Å². The molecular formula is C29H24FN5O2S2. The van der Waals surface area contributed by atoms with Gasteiger partial charge in [-0.1, -0.05) is 83.8 Å². The van der Waals surface area contributed by atoms with E-state index >= 15 is 4.39 Å². The van der Waals surface area contributed by atoms with Gasteiger partial charge >= 0.3 is 0 Å². The molecule has 3 heterocycles. The van der Waals surface area contributed by atoms with Gasteiger partial charge in [0.05, 0.1) is 21.9 Å². The summed E-state index contributed by atoms with van der Waals surface area (Å²) in [6.07, 6.45) is 4.74. The second-order valence-corrected chi connectivity index (χ2v) is 10.8. The summed E-state index contributed by atoms with van der Waals surface area (Å²) in [5.41, 5.74) is 2.35. The van der Waals surface area contributed by atoms with Crippen molar-refractivity contribution >= 4 is 40.0 Å². The maximum absolute atomic E-state index is 15.4. The van der Waals surface area contributed by atoms with E-state index in [9.17, 15) is 9.90 Å². The summed E-state index contributed by atoms with van der Waals surface area (Å²) >= 11 is 2.52. The van der Waals surface area contributed by atoms with Crippen LogP contribution in [0.1, 0.15) is 33.1 Å². The van der Waals surface area contributed by atoms with Crippen molar-refractivity contribution in [2.24, 2.45) is 0 Å². The maximum atomic E-state index is 15.4. The number of aliphatic hydroxyl groups excluding tert-OH is 1. The van der Waals surface area contributed by atoms with E-state index < -0.39 is 11.7 Å². The highest BCUT2D eigenvalue weighted by atomic mass is 32.2. The van der Waals surface area contributed by atoms with Gasteiger partial charge in [0, 0.05) is 24.9 Å². The first-order valence-corrected chi connectivity index (χ1v) is 13.7. The first-order valence-electron chi connectivity index (χ1n) is 12.1. The van der Waals surface area contributed by atoms with Crippen LogP contribution < -0.4 is 10.6 Å². The fraction of sp³-hybridized carbons (Fsp3) is 0.103. The lowest BCUT2D eigenvalue weighted by atomic mass is 9.88. The molecule has 5 rings (SSSR count). The number of anilines is 2. The second-order valence-electron chi connectivity index (χ2n) is 8.43. The molecule has 5 aromatic rings. The van der Waals surface area contributed by atoms with Gasteiger partial charge < -0.3 is 15.7 Å². The highest BCUT2D eigenvalue weighted by Crippen LogP contribution is 2.36. The van der Waals surface area contributed by atoms with E-state index in [2.05, 4.69) is 25.6 Å². The molecule has 0 unspecified atom stereocenters. The summed E-state index contributed by atoms with van der Waals surface area (Å²) in [7, 11) is 0. The number of rotatable bonds is 10. The Morgan fingerprint density at radius 1 is 0.949 bits per heavy atom. The normalized spacial score (nSPS) is 11.6. The van der Waals surface area contributed by atoms with Gasteiger partial charge in [-0.05, 0) is 34.9 Å². The molecule has 0 saturated heterocycles. The topological polar surface area (TPSA) is 100 Å². The van der Waals surface area contributed by atoms with Crippen molar-refractivity contribution in [2.45, 2.75) is 21.6 Å². The summed E-state index contributed by atoms with van der Waals surface area (Å²) in [5, 5.41) is 16.5. The minimum Gasteiger partial charge on any atom is -0.392 e. The second kappa shape index (κ2) is 12.6. The lowest BCUT2D eigenvalue weighted by molar-refractivity contribution is 0.0942. The van der Waals surface area contributed by atoms with Crippen LogP contribution in [0.5, 0.6) is 0 Å². The maximum Gasteiger partial charge on any atom is 0.273 e. The number of hydrogen-bond acceptors (Lipinski definition) is 8. The third kappa shape index (κ3) is 6.48. The minimum atomic E-state index is -0.695. The SMILES string of the molecule is O=C(NC[C@@H](c1ccccc1)c1ccccc1CO)c1nccc(Sc2cnc(Nc3ccccn3)s2)c1F. The van der Waals surface area contributed by atoms with Crippen LogP contribution in [-0.4, -0.2) is 32.5 Å². The fourth-order valence-corrected chi connectivity index (χ4v) is 5.94. The van der Waals surface area contributed by atoms with E-state index in [4.69, 9.17) is 0 Å². The zero-order chi connectivity index (χ0) is 27.0. The number of carbonyl (C=O) groups is 1. The summed E-state index contributed by atoms with van der Waals surface area (Å²) in [6.45, 7) is 0.0787. The van der Waals surface area contributed by atoms with Crippen molar-refractivity contribution in [3.63, 3.8) is 0 Å². The van der Waals surface area contributed by atoms with Crippen LogP contribution >= 0.6 is 23.1 Å². The van der Waals surface area contributed by atoms with Crippen LogP contribution in [0.15, 0.2) is 107 Å². The largest absolute Gasteiger partial charge is 0.392 e. The Morgan fingerprint density at radius 3 is 2.54 bits per heavy atom. The number of nitrogens with one attached hydrogen (secondary N) is 2. The highest BCUT2D eigenvalue weighted by Gasteiger charge is 2.22. The van der Waals surface area contributed by atoms with Gasteiger partial charge in [0.25, 0.3) is 5.91 Å². The number of pyridine rings is 2. The molecule has 0 aliphatic carbocycles. The highest BCUT2D eigenvalue weighted by molar-refractivity contribution is 8.01. The van der Waals surface area contributed by atoms with Crippen LogP contribution in [0.3, 0.4) is 0 Å². The lowest BCUT2D eigenvalue weighted by Crippen LogP contribution is -2.30. The Labute approximate surface area is 233 Å². The average molecular weight is 558 g/mol. The van der Waals surface area contributed by atoms with Crippen molar-refractivity contribution in [3.8, 4) is 0 Å². The predicted molar refractivity (Wildman–Crippen MR) is 151 cm³/mol. The zero-order valence-electron chi connectivity index (χ0n) is 20.6. The van der Waals surface area contributed by atoms with Crippen LogP contribution in [0, 0.1) is 5.82 Å². The van der Waals surface area contributed by atoms with Gasteiger partial charge in [0.1, 0.15) is 5.82 Å². The standard InChI is InChI=1S/C29H24FN5O2S2/c30-26-23(38-25-17-34-29(39-25)35-24-12-6-7-14-31-24)13-15-32-27(26)28(37)33-16-22(19-8-2-1-3-9-19)21-11-5-4-10-20(21)18-36/h1-15,17,22,36H,16,18H2,(H,33,37)(H,31,34,35)/t22-/m0/s1. The van der Waals surface area contributed by atoms with Crippen LogP contribution in [-0.2, 0) is 6.61 Å². The molecule has 1 atom stereocenters. The molecule has 0 bridgehead atoms. The molecule has 0 aliphatic heterocycles. The first-order chi connectivity index (χ1) is 19.1. The summed E-state index contributed by atoms with van der Waals surface area (Å²) in [5.74, 6) is -0.881. The molecular weight excluding hydrogens is 533 g/mol. The Bertz CT molecular complexity index is 1550. The number of amides is 1. The van der Waals surface area contributed by atoms with E-state index in [-0.39, 0.29) is 29.7 Å². The van der Waals surface area contributed by atoms with E-state index in [0.29, 0.717) is 10.9 Å². The Kier molecular flexibility index (Phi) is 8.57. The molecule has 10 heteroatoms. The predicted octanol–water partition coefficient (Wildman–Crippen LogP) is 6.02.